The number of carbonyl (C=O) groups excluding carboxylic acids is 1. The van der Waals surface area contributed by atoms with Gasteiger partial charge in [0.05, 0.1) is 36.9 Å². The highest BCUT2D eigenvalue weighted by Crippen LogP contribution is 2.41. The van der Waals surface area contributed by atoms with Crippen LogP contribution in [0.4, 0.5) is 14.9 Å². The van der Waals surface area contributed by atoms with Crippen molar-refractivity contribution in [1.29, 1.82) is 0 Å². The minimum absolute atomic E-state index is 0.00167. The van der Waals surface area contributed by atoms with E-state index in [1.54, 1.807) is 18.1 Å². The van der Waals surface area contributed by atoms with E-state index in [9.17, 15) is 19.1 Å². The van der Waals surface area contributed by atoms with Crippen LogP contribution in [0.3, 0.4) is 0 Å². The molecular formula is C28H32FN3O5. The van der Waals surface area contributed by atoms with Gasteiger partial charge in [-0.3, -0.25) is 9.69 Å². The van der Waals surface area contributed by atoms with Gasteiger partial charge in [-0.1, -0.05) is 0 Å². The number of fused-ring (bicyclic) bond motifs is 3. The van der Waals surface area contributed by atoms with Crippen molar-refractivity contribution >= 4 is 28.8 Å². The summed E-state index contributed by atoms with van der Waals surface area (Å²) in [6.45, 7) is 2.01. The van der Waals surface area contributed by atoms with E-state index in [0.29, 0.717) is 30.6 Å². The van der Waals surface area contributed by atoms with Gasteiger partial charge in [0.2, 0.25) is 0 Å². The van der Waals surface area contributed by atoms with E-state index in [1.165, 1.54) is 19.2 Å². The van der Waals surface area contributed by atoms with Crippen LogP contribution in [0.2, 0.25) is 0 Å². The van der Waals surface area contributed by atoms with Gasteiger partial charge in [0, 0.05) is 29.6 Å². The predicted molar refractivity (Wildman–Crippen MR) is 137 cm³/mol. The van der Waals surface area contributed by atoms with Crippen molar-refractivity contribution in [3.05, 3.63) is 53.1 Å². The lowest BCUT2D eigenvalue weighted by atomic mass is 9.85. The van der Waals surface area contributed by atoms with Crippen LogP contribution in [0.1, 0.15) is 62.0 Å². The first-order chi connectivity index (χ1) is 17.8. The molecule has 3 aromatic rings. The van der Waals surface area contributed by atoms with Gasteiger partial charge in [-0.25, -0.2) is 14.2 Å². The van der Waals surface area contributed by atoms with Gasteiger partial charge >= 0.3 is 12.1 Å². The minimum atomic E-state index is -0.746. The maximum Gasteiger partial charge on any atom is 0.414 e. The second-order valence-corrected chi connectivity index (χ2v) is 10.0. The van der Waals surface area contributed by atoms with E-state index in [0.717, 1.165) is 53.8 Å². The summed E-state index contributed by atoms with van der Waals surface area (Å²) >= 11 is 0. The molecule has 8 nitrogen and oxygen atoms in total. The lowest BCUT2D eigenvalue weighted by molar-refractivity contribution is -0.143. The standard InChI is InChI=1S/C28H32FN3O5/c1-16-4-10-21-22(31(16)28(35)37-3)11-12-23-26(21)30-25(15-18-14-19(29)7-13-24(18)36-2)32(23)20-8-5-17(6-9-20)27(33)34/h7,11-14,16-17,20H,4-6,8-10,15H2,1-3H3,(H,33,34)/t16-,17?,20?/m0/s1. The third kappa shape index (κ3) is 4.51. The number of aromatic nitrogens is 2. The van der Waals surface area contributed by atoms with Crippen molar-refractivity contribution in [2.75, 3.05) is 19.1 Å². The quantitative estimate of drug-likeness (QED) is 0.488. The summed E-state index contributed by atoms with van der Waals surface area (Å²) in [4.78, 5) is 30.9. The molecule has 1 aromatic heterocycles. The van der Waals surface area contributed by atoms with E-state index < -0.39 is 12.1 Å². The number of imidazole rings is 1. The number of ether oxygens (including phenoxy) is 2. The van der Waals surface area contributed by atoms with Crippen LogP contribution in [0.15, 0.2) is 30.3 Å². The van der Waals surface area contributed by atoms with Gasteiger partial charge < -0.3 is 19.1 Å². The van der Waals surface area contributed by atoms with Gasteiger partial charge in [0.1, 0.15) is 17.4 Å². The van der Waals surface area contributed by atoms with Crippen molar-refractivity contribution in [2.45, 2.75) is 64.0 Å². The molecule has 2 heterocycles. The lowest BCUT2D eigenvalue weighted by Crippen LogP contribution is -2.42. The summed E-state index contributed by atoms with van der Waals surface area (Å²) in [7, 11) is 2.94. The van der Waals surface area contributed by atoms with E-state index in [1.807, 2.05) is 19.1 Å². The molecule has 1 atom stereocenters. The summed E-state index contributed by atoms with van der Waals surface area (Å²) < 4.78 is 27.0. The smallest absolute Gasteiger partial charge is 0.414 e. The van der Waals surface area contributed by atoms with Gasteiger partial charge in [-0.15, -0.1) is 0 Å². The fraction of sp³-hybridized carbons (Fsp3) is 0.464. The second kappa shape index (κ2) is 10.0. The lowest BCUT2D eigenvalue weighted by Gasteiger charge is -2.34. The largest absolute Gasteiger partial charge is 0.496 e. The average Bonchev–Trinajstić information content (AvgIpc) is 3.26. The zero-order chi connectivity index (χ0) is 26.3. The van der Waals surface area contributed by atoms with Gasteiger partial charge in [0.15, 0.2) is 0 Å². The number of carboxylic acids is 1. The molecule has 196 valence electrons. The van der Waals surface area contributed by atoms with Crippen LogP contribution in [0.25, 0.3) is 11.0 Å². The number of halogens is 1. The number of carboxylic acid groups (broad SMARTS) is 1. The molecule has 9 heteroatoms. The summed E-state index contributed by atoms with van der Waals surface area (Å²) in [6.07, 6.45) is 4.15. The number of hydrogen-bond donors (Lipinski definition) is 1. The Labute approximate surface area is 215 Å². The van der Waals surface area contributed by atoms with Gasteiger partial charge in [-0.2, -0.15) is 0 Å². The van der Waals surface area contributed by atoms with Crippen LogP contribution in [0.5, 0.6) is 5.75 Å². The molecule has 37 heavy (non-hydrogen) atoms. The Kier molecular flexibility index (Phi) is 6.79. The Hall–Kier alpha value is -3.62. The third-order valence-corrected chi connectivity index (χ3v) is 7.90. The molecule has 1 aliphatic carbocycles. The van der Waals surface area contributed by atoms with Crippen LogP contribution < -0.4 is 9.64 Å². The highest BCUT2D eigenvalue weighted by atomic mass is 19.1. The van der Waals surface area contributed by atoms with Crippen LogP contribution in [0, 0.1) is 11.7 Å². The topological polar surface area (TPSA) is 93.9 Å². The maximum absolute atomic E-state index is 14.2. The minimum Gasteiger partial charge on any atom is -0.496 e. The van der Waals surface area contributed by atoms with Crippen molar-refractivity contribution in [3.63, 3.8) is 0 Å². The molecule has 1 saturated carbocycles. The summed E-state index contributed by atoms with van der Waals surface area (Å²) in [6, 6.07) is 8.49. The monoisotopic (exact) mass is 509 g/mol. The van der Waals surface area contributed by atoms with Crippen LogP contribution in [-0.4, -0.2) is 47.0 Å². The first kappa shape index (κ1) is 25.0. The van der Waals surface area contributed by atoms with Gasteiger partial charge in [-0.05, 0) is 75.8 Å². The summed E-state index contributed by atoms with van der Waals surface area (Å²) in [5, 5.41) is 9.49. The zero-order valence-corrected chi connectivity index (χ0v) is 21.4. The average molecular weight is 510 g/mol. The molecule has 1 aliphatic heterocycles. The van der Waals surface area contributed by atoms with E-state index in [-0.39, 0.29) is 23.8 Å². The molecule has 2 aromatic carbocycles. The number of rotatable bonds is 5. The number of carbonyl (C=O) groups is 2. The predicted octanol–water partition coefficient (Wildman–Crippen LogP) is 5.50. The molecule has 0 spiro atoms. The van der Waals surface area contributed by atoms with Crippen molar-refractivity contribution in [2.24, 2.45) is 5.92 Å². The first-order valence-electron chi connectivity index (χ1n) is 12.8. The van der Waals surface area contributed by atoms with Crippen LogP contribution in [-0.2, 0) is 22.4 Å². The third-order valence-electron chi connectivity index (χ3n) is 7.90. The number of anilines is 1. The Balaban J connectivity index is 1.64. The Bertz CT molecular complexity index is 1350. The number of aryl methyl sites for hydroxylation is 1. The highest BCUT2D eigenvalue weighted by molar-refractivity contribution is 5.95. The zero-order valence-electron chi connectivity index (χ0n) is 21.4. The van der Waals surface area contributed by atoms with Gasteiger partial charge in [0.25, 0.3) is 0 Å². The Morgan fingerprint density at radius 3 is 2.54 bits per heavy atom. The molecule has 1 fully saturated rings. The fourth-order valence-electron chi connectivity index (χ4n) is 5.99. The molecule has 2 aliphatic rings. The SMILES string of the molecule is COC(=O)N1c2ccc3c(nc(Cc4cc(F)ccc4OC)n3C3CCC(C(=O)O)CC3)c2CC[C@@H]1C. The maximum atomic E-state index is 14.2. The molecule has 5 rings (SSSR count). The van der Waals surface area contributed by atoms with E-state index in [2.05, 4.69) is 4.57 Å². The van der Waals surface area contributed by atoms with E-state index >= 15 is 0 Å². The molecular weight excluding hydrogens is 477 g/mol. The summed E-state index contributed by atoms with van der Waals surface area (Å²) in [5.41, 5.74) is 4.25. The van der Waals surface area contributed by atoms with Crippen LogP contribution >= 0.6 is 0 Å². The van der Waals surface area contributed by atoms with Crippen molar-refractivity contribution < 1.29 is 28.6 Å². The Morgan fingerprint density at radius 1 is 1.11 bits per heavy atom. The number of nitrogens with zero attached hydrogens (tertiary/aromatic N) is 3. The number of aliphatic carboxylic acids is 1. The molecule has 1 amide bonds. The fourth-order valence-corrected chi connectivity index (χ4v) is 5.99. The number of amides is 1. The molecule has 1 N–H and O–H groups in total. The molecule has 0 bridgehead atoms. The Morgan fingerprint density at radius 2 is 1.86 bits per heavy atom. The van der Waals surface area contributed by atoms with E-state index in [4.69, 9.17) is 14.5 Å². The molecule has 0 radical (unpaired) electrons. The number of methoxy groups -OCH3 is 2. The highest BCUT2D eigenvalue weighted by Gasteiger charge is 2.33. The molecule has 0 saturated heterocycles. The summed E-state index contributed by atoms with van der Waals surface area (Å²) in [5.74, 6) is -0.0671. The molecule has 0 unspecified atom stereocenters. The number of benzene rings is 2. The normalized spacial score (nSPS) is 21.5. The second-order valence-electron chi connectivity index (χ2n) is 10.0. The van der Waals surface area contributed by atoms with Crippen molar-refractivity contribution in [1.82, 2.24) is 9.55 Å². The number of hydrogen-bond acceptors (Lipinski definition) is 5. The van der Waals surface area contributed by atoms with Crippen molar-refractivity contribution in [3.8, 4) is 5.75 Å². The first-order valence-corrected chi connectivity index (χ1v) is 12.8.